The van der Waals surface area contributed by atoms with E-state index in [1.165, 1.54) is 0 Å². The maximum atomic E-state index is 12.8. The van der Waals surface area contributed by atoms with Crippen LogP contribution in [0, 0.1) is 17.5 Å². The highest BCUT2D eigenvalue weighted by atomic mass is 79.9. The Kier molecular flexibility index (Phi) is 2.67. The minimum absolute atomic E-state index is 0.506. The SMILES string of the molecule is Oc1c(F)c(F)c(Br)c(F)c1Br. The summed E-state index contributed by atoms with van der Waals surface area (Å²) < 4.78 is 36.8. The summed E-state index contributed by atoms with van der Waals surface area (Å²) in [6.07, 6.45) is 0. The van der Waals surface area contributed by atoms with Crippen LogP contribution < -0.4 is 0 Å². The average molecular weight is 306 g/mol. The van der Waals surface area contributed by atoms with Crippen molar-refractivity contribution >= 4 is 31.9 Å². The van der Waals surface area contributed by atoms with Crippen LogP contribution in [0.25, 0.3) is 0 Å². The van der Waals surface area contributed by atoms with Gasteiger partial charge in [-0.1, -0.05) is 0 Å². The van der Waals surface area contributed by atoms with Gasteiger partial charge in [-0.05, 0) is 31.9 Å². The van der Waals surface area contributed by atoms with Gasteiger partial charge in [0.05, 0.1) is 8.95 Å². The van der Waals surface area contributed by atoms with Gasteiger partial charge in [-0.15, -0.1) is 0 Å². The molecule has 1 N–H and O–H groups in total. The molecule has 0 amide bonds. The predicted molar refractivity (Wildman–Crippen MR) is 43.4 cm³/mol. The number of rotatable bonds is 0. The molecule has 1 rings (SSSR count). The van der Waals surface area contributed by atoms with Crippen LogP contribution in [0.15, 0.2) is 8.95 Å². The van der Waals surface area contributed by atoms with E-state index in [9.17, 15) is 13.2 Å². The van der Waals surface area contributed by atoms with Gasteiger partial charge in [-0.3, -0.25) is 0 Å². The molecule has 0 aromatic heterocycles. The molecule has 0 radical (unpaired) electrons. The van der Waals surface area contributed by atoms with Gasteiger partial charge in [0, 0.05) is 0 Å². The minimum Gasteiger partial charge on any atom is -0.504 e. The second-order valence-corrected chi connectivity index (χ2v) is 3.50. The molecule has 66 valence electrons. The van der Waals surface area contributed by atoms with Crippen molar-refractivity contribution in [2.24, 2.45) is 0 Å². The molecule has 0 bridgehead atoms. The van der Waals surface area contributed by atoms with E-state index in [1.807, 2.05) is 0 Å². The monoisotopic (exact) mass is 304 g/mol. The van der Waals surface area contributed by atoms with Crippen molar-refractivity contribution in [3.8, 4) is 5.75 Å². The molecular formula is C6HBr2F3O. The van der Waals surface area contributed by atoms with Gasteiger partial charge in [-0.2, -0.15) is 4.39 Å². The van der Waals surface area contributed by atoms with E-state index in [0.29, 0.717) is 0 Å². The highest BCUT2D eigenvalue weighted by Gasteiger charge is 2.21. The Morgan fingerprint density at radius 1 is 0.833 bits per heavy atom. The molecule has 1 aromatic carbocycles. The molecule has 12 heavy (non-hydrogen) atoms. The van der Waals surface area contributed by atoms with E-state index in [-0.39, 0.29) is 0 Å². The van der Waals surface area contributed by atoms with Crippen molar-refractivity contribution in [3.05, 3.63) is 26.4 Å². The fourth-order valence-corrected chi connectivity index (χ4v) is 1.60. The Hall–Kier alpha value is -0.230. The van der Waals surface area contributed by atoms with Crippen LogP contribution in [0.3, 0.4) is 0 Å². The highest BCUT2D eigenvalue weighted by Crippen LogP contribution is 2.36. The average Bonchev–Trinajstić information content (AvgIpc) is 2.08. The highest BCUT2D eigenvalue weighted by molar-refractivity contribution is 9.11. The van der Waals surface area contributed by atoms with Crippen LogP contribution >= 0.6 is 31.9 Å². The lowest BCUT2D eigenvalue weighted by Crippen LogP contribution is -1.92. The molecule has 0 saturated carbocycles. The molecule has 1 aromatic rings. The minimum atomic E-state index is -1.49. The zero-order valence-electron chi connectivity index (χ0n) is 5.34. The van der Waals surface area contributed by atoms with Crippen LogP contribution in [0.5, 0.6) is 5.75 Å². The van der Waals surface area contributed by atoms with Gasteiger partial charge >= 0.3 is 0 Å². The van der Waals surface area contributed by atoms with Gasteiger partial charge in [0.15, 0.2) is 17.4 Å². The van der Waals surface area contributed by atoms with E-state index in [2.05, 4.69) is 31.9 Å². The van der Waals surface area contributed by atoms with E-state index in [1.54, 1.807) is 0 Å². The summed E-state index contributed by atoms with van der Waals surface area (Å²) in [6, 6.07) is 0. The summed E-state index contributed by atoms with van der Waals surface area (Å²) in [5, 5.41) is 8.77. The molecule has 0 aliphatic heterocycles. The summed E-state index contributed by atoms with van der Waals surface area (Å²) >= 11 is 5.04. The molecule has 1 nitrogen and oxygen atoms in total. The normalized spacial score (nSPS) is 10.4. The first kappa shape index (κ1) is 9.85. The Morgan fingerprint density at radius 2 is 1.33 bits per heavy atom. The lowest BCUT2D eigenvalue weighted by Gasteiger charge is -2.03. The molecule has 0 fully saturated rings. The lowest BCUT2D eigenvalue weighted by molar-refractivity contribution is 0.392. The first-order chi connectivity index (χ1) is 5.46. The quantitative estimate of drug-likeness (QED) is 0.576. The fraction of sp³-hybridized carbons (Fsp3) is 0. The van der Waals surface area contributed by atoms with Gasteiger partial charge in [0.1, 0.15) is 0 Å². The van der Waals surface area contributed by atoms with Crippen LogP contribution in [-0.4, -0.2) is 5.11 Å². The standard InChI is InChI=1S/C6HBr2F3O/c7-1-3(9)2(8)6(12)5(11)4(1)10/h12H. The van der Waals surface area contributed by atoms with Crippen molar-refractivity contribution in [1.82, 2.24) is 0 Å². The Morgan fingerprint density at radius 3 is 1.83 bits per heavy atom. The van der Waals surface area contributed by atoms with Gasteiger partial charge in [0.2, 0.25) is 5.82 Å². The zero-order valence-corrected chi connectivity index (χ0v) is 8.51. The summed E-state index contributed by atoms with van der Waals surface area (Å²) in [5.41, 5.74) is 0. The third-order valence-corrected chi connectivity index (χ3v) is 2.61. The molecule has 0 heterocycles. The Bertz CT molecular complexity index is 235. The number of aromatic hydroxyl groups is 1. The molecule has 0 unspecified atom stereocenters. The summed E-state index contributed by atoms with van der Waals surface area (Å²) in [6.45, 7) is 0. The summed E-state index contributed by atoms with van der Waals surface area (Å²) in [5.74, 6) is -5.09. The van der Waals surface area contributed by atoms with Gasteiger partial charge in [0.25, 0.3) is 0 Å². The second kappa shape index (κ2) is 3.26. The van der Waals surface area contributed by atoms with E-state index < -0.39 is 32.1 Å². The fourth-order valence-electron chi connectivity index (χ4n) is 0.593. The van der Waals surface area contributed by atoms with Crippen molar-refractivity contribution in [1.29, 1.82) is 0 Å². The smallest absolute Gasteiger partial charge is 0.202 e. The molecule has 0 atom stereocenters. The van der Waals surface area contributed by atoms with Gasteiger partial charge < -0.3 is 5.11 Å². The first-order valence-electron chi connectivity index (χ1n) is 2.67. The third kappa shape index (κ3) is 1.33. The molecular weight excluding hydrogens is 305 g/mol. The number of benzene rings is 1. The number of halogens is 5. The first-order valence-corrected chi connectivity index (χ1v) is 4.25. The number of hydrogen-bond acceptors (Lipinski definition) is 1. The number of hydrogen-bond donors (Lipinski definition) is 1. The molecule has 0 aliphatic carbocycles. The largest absolute Gasteiger partial charge is 0.504 e. The molecule has 0 aliphatic rings. The maximum Gasteiger partial charge on any atom is 0.202 e. The topological polar surface area (TPSA) is 20.2 Å². The van der Waals surface area contributed by atoms with E-state index in [4.69, 9.17) is 5.11 Å². The van der Waals surface area contributed by atoms with Crippen LogP contribution in [0.4, 0.5) is 13.2 Å². The Labute approximate surface area is 82.5 Å². The summed E-state index contributed by atoms with van der Waals surface area (Å²) in [4.78, 5) is 0. The van der Waals surface area contributed by atoms with Crippen LogP contribution in [-0.2, 0) is 0 Å². The zero-order chi connectivity index (χ0) is 9.46. The van der Waals surface area contributed by atoms with E-state index in [0.717, 1.165) is 0 Å². The number of phenolic OH excluding ortho intramolecular Hbond substituents is 1. The third-order valence-electron chi connectivity index (χ3n) is 1.19. The second-order valence-electron chi connectivity index (χ2n) is 1.92. The van der Waals surface area contributed by atoms with Crippen molar-refractivity contribution in [2.45, 2.75) is 0 Å². The van der Waals surface area contributed by atoms with Crippen molar-refractivity contribution in [3.63, 3.8) is 0 Å². The Balaban J connectivity index is 3.60. The van der Waals surface area contributed by atoms with Gasteiger partial charge in [-0.25, -0.2) is 8.78 Å². The predicted octanol–water partition coefficient (Wildman–Crippen LogP) is 3.33. The van der Waals surface area contributed by atoms with Crippen LogP contribution in [0.2, 0.25) is 0 Å². The lowest BCUT2D eigenvalue weighted by atomic mass is 10.3. The number of phenols is 1. The van der Waals surface area contributed by atoms with Crippen molar-refractivity contribution in [2.75, 3.05) is 0 Å². The summed E-state index contributed by atoms with van der Waals surface area (Å²) in [7, 11) is 0. The van der Waals surface area contributed by atoms with Crippen molar-refractivity contribution < 1.29 is 18.3 Å². The van der Waals surface area contributed by atoms with E-state index >= 15 is 0 Å². The molecule has 0 spiro atoms. The molecule has 6 heteroatoms. The molecule has 0 saturated heterocycles. The van der Waals surface area contributed by atoms with Crippen LogP contribution in [0.1, 0.15) is 0 Å². The maximum absolute atomic E-state index is 12.8.